The molecule has 36 heavy (non-hydrogen) atoms. The molecule has 0 saturated heterocycles. The van der Waals surface area contributed by atoms with Crippen molar-refractivity contribution in [3.05, 3.63) is 94.6 Å². The predicted octanol–water partition coefficient (Wildman–Crippen LogP) is 5.28. The lowest BCUT2D eigenvalue weighted by atomic mass is 9.96. The summed E-state index contributed by atoms with van der Waals surface area (Å²) in [6.07, 6.45) is 2.29. The fourth-order valence-corrected chi connectivity index (χ4v) is 5.40. The maximum absolute atomic E-state index is 13.7. The third-order valence-electron chi connectivity index (χ3n) is 5.50. The Labute approximate surface area is 223 Å². The standard InChI is InChI=1S/C27H26Cl2N2O4S/c1-5-12-34-20-10-7-17(8-11-20)24-23(26(33)35-15(2)3)16(4)30-27-31(24)25(32)22(36-27)13-18-6-9-19(28)14-21(18)29/h6-11,13-15,24H,5,12H2,1-4H3. The summed E-state index contributed by atoms with van der Waals surface area (Å²) in [5, 5.41) is 0.943. The number of carbonyl (C=O) groups excluding carboxylic acids is 1. The maximum atomic E-state index is 13.7. The first-order valence-electron chi connectivity index (χ1n) is 11.6. The minimum absolute atomic E-state index is 0.275. The van der Waals surface area contributed by atoms with E-state index in [2.05, 4.69) is 4.99 Å². The fourth-order valence-electron chi connectivity index (χ4n) is 3.90. The summed E-state index contributed by atoms with van der Waals surface area (Å²) in [7, 11) is 0. The summed E-state index contributed by atoms with van der Waals surface area (Å²) >= 11 is 13.6. The molecule has 1 aromatic heterocycles. The molecule has 2 heterocycles. The van der Waals surface area contributed by atoms with Crippen molar-refractivity contribution >= 4 is 46.6 Å². The van der Waals surface area contributed by atoms with E-state index in [1.165, 1.54) is 11.3 Å². The molecule has 9 heteroatoms. The van der Waals surface area contributed by atoms with Gasteiger partial charge in [-0.25, -0.2) is 9.79 Å². The highest BCUT2D eigenvalue weighted by atomic mass is 35.5. The van der Waals surface area contributed by atoms with E-state index >= 15 is 0 Å². The molecule has 188 valence electrons. The zero-order valence-corrected chi connectivity index (χ0v) is 22.7. The van der Waals surface area contributed by atoms with E-state index in [0.29, 0.717) is 42.8 Å². The second kappa shape index (κ2) is 11.0. The lowest BCUT2D eigenvalue weighted by molar-refractivity contribution is -0.143. The smallest absolute Gasteiger partial charge is 0.338 e. The molecular weight excluding hydrogens is 519 g/mol. The first-order valence-corrected chi connectivity index (χ1v) is 13.2. The Balaban J connectivity index is 1.89. The number of benzene rings is 2. The summed E-state index contributed by atoms with van der Waals surface area (Å²) < 4.78 is 13.2. The highest BCUT2D eigenvalue weighted by Crippen LogP contribution is 2.32. The van der Waals surface area contributed by atoms with Gasteiger partial charge in [0.05, 0.1) is 34.6 Å². The summed E-state index contributed by atoms with van der Waals surface area (Å²) in [6.45, 7) is 7.97. The van der Waals surface area contributed by atoms with E-state index < -0.39 is 12.0 Å². The van der Waals surface area contributed by atoms with Crippen LogP contribution in [0.15, 0.2) is 63.5 Å². The highest BCUT2D eigenvalue weighted by molar-refractivity contribution is 7.07. The molecule has 0 saturated carbocycles. The number of allylic oxidation sites excluding steroid dienone is 1. The van der Waals surface area contributed by atoms with Gasteiger partial charge in [0.15, 0.2) is 4.80 Å². The van der Waals surface area contributed by atoms with Crippen LogP contribution in [0.3, 0.4) is 0 Å². The normalized spacial score (nSPS) is 15.6. The van der Waals surface area contributed by atoms with Crippen molar-refractivity contribution in [3.63, 3.8) is 0 Å². The average molecular weight is 545 g/mol. The lowest BCUT2D eigenvalue weighted by Gasteiger charge is -2.25. The molecule has 1 atom stereocenters. The molecule has 2 aromatic carbocycles. The molecule has 0 fully saturated rings. The third kappa shape index (κ3) is 5.43. The largest absolute Gasteiger partial charge is 0.494 e. The molecule has 0 bridgehead atoms. The van der Waals surface area contributed by atoms with Crippen molar-refractivity contribution in [2.75, 3.05) is 6.61 Å². The summed E-state index contributed by atoms with van der Waals surface area (Å²) in [4.78, 5) is 32.0. The Morgan fingerprint density at radius 3 is 2.56 bits per heavy atom. The molecule has 0 N–H and O–H groups in total. The molecule has 4 rings (SSSR count). The zero-order chi connectivity index (χ0) is 26.0. The first-order chi connectivity index (χ1) is 17.2. The molecule has 0 radical (unpaired) electrons. The van der Waals surface area contributed by atoms with Crippen molar-refractivity contribution in [2.45, 2.75) is 46.3 Å². The molecule has 1 aliphatic heterocycles. The van der Waals surface area contributed by atoms with Crippen molar-refractivity contribution in [3.8, 4) is 5.75 Å². The highest BCUT2D eigenvalue weighted by Gasteiger charge is 2.33. The number of rotatable bonds is 7. The Hall–Kier alpha value is -2.87. The van der Waals surface area contributed by atoms with Gasteiger partial charge in [0, 0.05) is 10.0 Å². The van der Waals surface area contributed by atoms with Crippen molar-refractivity contribution in [1.82, 2.24) is 4.57 Å². The number of fused-ring (bicyclic) bond motifs is 1. The van der Waals surface area contributed by atoms with Gasteiger partial charge in [0.1, 0.15) is 5.75 Å². The fraction of sp³-hybridized carbons (Fsp3) is 0.296. The van der Waals surface area contributed by atoms with E-state index in [4.69, 9.17) is 32.7 Å². The van der Waals surface area contributed by atoms with E-state index in [1.807, 2.05) is 31.2 Å². The van der Waals surface area contributed by atoms with Crippen LogP contribution in [-0.4, -0.2) is 23.2 Å². The number of hydrogen-bond acceptors (Lipinski definition) is 6. The number of aromatic nitrogens is 1. The molecular formula is C27H26Cl2N2O4S. The summed E-state index contributed by atoms with van der Waals surface area (Å²) in [5.74, 6) is 0.218. The topological polar surface area (TPSA) is 69.9 Å². The number of halogens is 2. The van der Waals surface area contributed by atoms with Gasteiger partial charge in [-0.05, 0) is 68.7 Å². The molecule has 1 unspecified atom stereocenters. The second-order valence-corrected chi connectivity index (χ2v) is 10.5. The SMILES string of the molecule is CCCOc1ccc(C2C(C(=O)OC(C)C)=C(C)N=c3sc(=Cc4ccc(Cl)cc4Cl)c(=O)n32)cc1. The second-order valence-electron chi connectivity index (χ2n) is 8.62. The van der Waals surface area contributed by atoms with Crippen LogP contribution in [0.4, 0.5) is 0 Å². The van der Waals surface area contributed by atoms with E-state index in [9.17, 15) is 9.59 Å². The van der Waals surface area contributed by atoms with E-state index in [-0.39, 0.29) is 11.7 Å². The number of esters is 1. The summed E-state index contributed by atoms with van der Waals surface area (Å²) in [5.41, 5.74) is 1.98. The van der Waals surface area contributed by atoms with Crippen molar-refractivity contribution < 1.29 is 14.3 Å². The Bertz CT molecular complexity index is 1500. The molecule has 6 nitrogen and oxygen atoms in total. The van der Waals surface area contributed by atoms with Gasteiger partial charge >= 0.3 is 5.97 Å². The Morgan fingerprint density at radius 2 is 1.92 bits per heavy atom. The predicted molar refractivity (Wildman–Crippen MR) is 144 cm³/mol. The number of ether oxygens (including phenoxy) is 2. The van der Waals surface area contributed by atoms with Crippen LogP contribution < -0.4 is 19.6 Å². The van der Waals surface area contributed by atoms with E-state index in [1.54, 1.807) is 49.6 Å². The minimum atomic E-state index is -0.699. The molecule has 1 aliphatic rings. The van der Waals surface area contributed by atoms with Crippen LogP contribution in [0.2, 0.25) is 10.0 Å². The molecule has 0 aliphatic carbocycles. The Kier molecular flexibility index (Phi) is 8.03. The van der Waals surface area contributed by atoms with E-state index in [0.717, 1.165) is 17.7 Å². The molecule has 3 aromatic rings. The van der Waals surface area contributed by atoms with Crippen LogP contribution in [0.1, 0.15) is 51.3 Å². The van der Waals surface area contributed by atoms with Gasteiger partial charge in [-0.2, -0.15) is 0 Å². The van der Waals surface area contributed by atoms with Gasteiger partial charge in [-0.3, -0.25) is 9.36 Å². The lowest BCUT2D eigenvalue weighted by Crippen LogP contribution is -2.40. The zero-order valence-electron chi connectivity index (χ0n) is 20.4. The van der Waals surface area contributed by atoms with Gasteiger partial charge in [-0.15, -0.1) is 0 Å². The van der Waals surface area contributed by atoms with Gasteiger partial charge in [-0.1, -0.05) is 59.7 Å². The molecule has 0 spiro atoms. The minimum Gasteiger partial charge on any atom is -0.494 e. The maximum Gasteiger partial charge on any atom is 0.338 e. The average Bonchev–Trinajstić information content (AvgIpc) is 3.13. The third-order valence-corrected chi connectivity index (χ3v) is 7.05. The summed E-state index contributed by atoms with van der Waals surface area (Å²) in [6, 6.07) is 11.8. The van der Waals surface area contributed by atoms with Gasteiger partial charge < -0.3 is 9.47 Å². The number of nitrogens with zero attached hydrogens (tertiary/aromatic N) is 2. The Morgan fingerprint density at radius 1 is 1.19 bits per heavy atom. The number of thiazole rings is 1. The van der Waals surface area contributed by atoms with Crippen LogP contribution >= 0.6 is 34.5 Å². The monoisotopic (exact) mass is 544 g/mol. The number of hydrogen-bond donors (Lipinski definition) is 0. The number of carbonyl (C=O) groups is 1. The van der Waals surface area contributed by atoms with Crippen LogP contribution in [0.25, 0.3) is 6.08 Å². The quantitative estimate of drug-likeness (QED) is 0.379. The van der Waals surface area contributed by atoms with Crippen molar-refractivity contribution in [2.24, 2.45) is 4.99 Å². The first kappa shape index (κ1) is 26.2. The van der Waals surface area contributed by atoms with Crippen molar-refractivity contribution in [1.29, 1.82) is 0 Å². The van der Waals surface area contributed by atoms with Gasteiger partial charge in [0.25, 0.3) is 5.56 Å². The van der Waals surface area contributed by atoms with Crippen LogP contribution in [-0.2, 0) is 9.53 Å². The van der Waals surface area contributed by atoms with Crippen LogP contribution in [0, 0.1) is 0 Å². The van der Waals surface area contributed by atoms with Crippen LogP contribution in [0.5, 0.6) is 5.75 Å². The molecule has 0 amide bonds. The van der Waals surface area contributed by atoms with Gasteiger partial charge in [0.2, 0.25) is 0 Å².